The van der Waals surface area contributed by atoms with Crippen molar-refractivity contribution in [2.75, 3.05) is 6.61 Å². The quantitative estimate of drug-likeness (QED) is 0.908. The zero-order valence-electron chi connectivity index (χ0n) is 12.9. The minimum absolute atomic E-state index is 0.501. The van der Waals surface area contributed by atoms with Crippen LogP contribution in [0, 0.1) is 0 Å². The van der Waals surface area contributed by atoms with Gasteiger partial charge in [0.15, 0.2) is 0 Å². The molecule has 2 aromatic carbocycles. The Morgan fingerprint density at radius 3 is 2.86 bits per heavy atom. The van der Waals surface area contributed by atoms with E-state index in [1.54, 1.807) is 0 Å². The lowest BCUT2D eigenvalue weighted by atomic mass is 9.96. The van der Waals surface area contributed by atoms with Crippen molar-refractivity contribution in [2.45, 2.75) is 39.3 Å². The summed E-state index contributed by atoms with van der Waals surface area (Å²) >= 11 is 0. The summed E-state index contributed by atoms with van der Waals surface area (Å²) in [6.07, 6.45) is 2.24. The van der Waals surface area contributed by atoms with Gasteiger partial charge in [-0.2, -0.15) is 0 Å². The summed E-state index contributed by atoms with van der Waals surface area (Å²) in [5.74, 6) is 1.08. The molecule has 0 amide bonds. The van der Waals surface area contributed by atoms with E-state index in [1.807, 2.05) is 0 Å². The maximum Gasteiger partial charge on any atom is 0.130 e. The SMILES string of the molecule is CC(C)NCc1cccc(-c2cccc3c2OCCC3)c1. The first kappa shape index (κ1) is 14.2. The molecule has 1 N–H and O–H groups in total. The monoisotopic (exact) mass is 281 g/mol. The summed E-state index contributed by atoms with van der Waals surface area (Å²) in [7, 11) is 0. The van der Waals surface area contributed by atoms with Crippen molar-refractivity contribution in [3.8, 4) is 16.9 Å². The molecule has 0 unspecified atom stereocenters. The standard InChI is InChI=1S/C19H23NO/c1-14(2)20-13-15-6-3-8-17(12-15)18-10-4-7-16-9-5-11-21-19(16)18/h3-4,6-8,10,12,14,20H,5,9,11,13H2,1-2H3. The molecule has 0 fully saturated rings. The summed E-state index contributed by atoms with van der Waals surface area (Å²) in [5.41, 5.74) is 5.12. The third-order valence-corrected chi connectivity index (χ3v) is 3.89. The Labute approximate surface area is 127 Å². The Morgan fingerprint density at radius 1 is 1.14 bits per heavy atom. The molecular formula is C19H23NO. The zero-order valence-corrected chi connectivity index (χ0v) is 12.9. The fourth-order valence-corrected chi connectivity index (χ4v) is 2.79. The number of fused-ring (bicyclic) bond motifs is 1. The van der Waals surface area contributed by atoms with Gasteiger partial charge in [0, 0.05) is 18.2 Å². The van der Waals surface area contributed by atoms with E-state index in [1.165, 1.54) is 22.3 Å². The Hall–Kier alpha value is -1.80. The molecule has 0 atom stereocenters. The van der Waals surface area contributed by atoms with Crippen molar-refractivity contribution < 1.29 is 4.74 Å². The largest absolute Gasteiger partial charge is 0.493 e. The molecular weight excluding hydrogens is 258 g/mol. The van der Waals surface area contributed by atoms with Crippen LogP contribution in [0.3, 0.4) is 0 Å². The van der Waals surface area contributed by atoms with E-state index < -0.39 is 0 Å². The molecule has 1 aliphatic heterocycles. The van der Waals surface area contributed by atoms with Gasteiger partial charge >= 0.3 is 0 Å². The Bertz CT molecular complexity index is 619. The first-order chi connectivity index (χ1) is 10.2. The van der Waals surface area contributed by atoms with Gasteiger partial charge in [-0.3, -0.25) is 0 Å². The number of para-hydroxylation sites is 1. The predicted molar refractivity (Wildman–Crippen MR) is 87.7 cm³/mol. The second-order valence-electron chi connectivity index (χ2n) is 5.98. The van der Waals surface area contributed by atoms with E-state index in [2.05, 4.69) is 61.6 Å². The molecule has 110 valence electrons. The number of aryl methyl sites for hydroxylation is 1. The smallest absolute Gasteiger partial charge is 0.130 e. The molecule has 21 heavy (non-hydrogen) atoms. The third kappa shape index (κ3) is 3.27. The maximum absolute atomic E-state index is 5.93. The molecule has 0 aliphatic carbocycles. The highest BCUT2D eigenvalue weighted by molar-refractivity contribution is 5.73. The van der Waals surface area contributed by atoms with Crippen LogP contribution >= 0.6 is 0 Å². The minimum atomic E-state index is 0.501. The number of hydrogen-bond donors (Lipinski definition) is 1. The molecule has 2 aromatic rings. The number of benzene rings is 2. The van der Waals surface area contributed by atoms with E-state index >= 15 is 0 Å². The molecule has 0 spiro atoms. The fourth-order valence-electron chi connectivity index (χ4n) is 2.79. The van der Waals surface area contributed by atoms with Crippen LogP contribution in [-0.4, -0.2) is 12.6 Å². The van der Waals surface area contributed by atoms with Gasteiger partial charge < -0.3 is 10.1 Å². The van der Waals surface area contributed by atoms with Crippen LogP contribution in [-0.2, 0) is 13.0 Å². The first-order valence-electron chi connectivity index (χ1n) is 7.81. The lowest BCUT2D eigenvalue weighted by Gasteiger charge is -2.20. The van der Waals surface area contributed by atoms with Gasteiger partial charge in [0.05, 0.1) is 6.61 Å². The second-order valence-corrected chi connectivity index (χ2v) is 5.98. The highest BCUT2D eigenvalue weighted by Gasteiger charge is 2.15. The van der Waals surface area contributed by atoms with Crippen LogP contribution in [0.15, 0.2) is 42.5 Å². The van der Waals surface area contributed by atoms with Crippen molar-refractivity contribution in [1.29, 1.82) is 0 Å². The highest BCUT2D eigenvalue weighted by Crippen LogP contribution is 2.36. The molecule has 0 saturated carbocycles. The third-order valence-electron chi connectivity index (χ3n) is 3.89. The summed E-state index contributed by atoms with van der Waals surface area (Å²) in [6, 6.07) is 15.7. The van der Waals surface area contributed by atoms with Crippen LogP contribution in [0.25, 0.3) is 11.1 Å². The van der Waals surface area contributed by atoms with E-state index in [9.17, 15) is 0 Å². The van der Waals surface area contributed by atoms with Crippen molar-refractivity contribution in [1.82, 2.24) is 5.32 Å². The molecule has 2 nitrogen and oxygen atoms in total. The summed E-state index contributed by atoms with van der Waals surface area (Å²) in [4.78, 5) is 0. The molecule has 3 rings (SSSR count). The van der Waals surface area contributed by atoms with Crippen molar-refractivity contribution in [3.05, 3.63) is 53.6 Å². The van der Waals surface area contributed by atoms with Gasteiger partial charge in [-0.05, 0) is 35.6 Å². The normalized spacial score (nSPS) is 13.9. The van der Waals surface area contributed by atoms with Crippen LogP contribution in [0.2, 0.25) is 0 Å². The van der Waals surface area contributed by atoms with Gasteiger partial charge in [-0.1, -0.05) is 50.2 Å². The number of rotatable bonds is 4. The van der Waals surface area contributed by atoms with Crippen LogP contribution in [0.4, 0.5) is 0 Å². The average molecular weight is 281 g/mol. The zero-order chi connectivity index (χ0) is 14.7. The number of ether oxygens (including phenoxy) is 1. The fraction of sp³-hybridized carbons (Fsp3) is 0.368. The molecule has 2 heteroatoms. The van der Waals surface area contributed by atoms with E-state index in [0.717, 1.165) is 31.7 Å². The topological polar surface area (TPSA) is 21.3 Å². The van der Waals surface area contributed by atoms with Gasteiger partial charge in [0.25, 0.3) is 0 Å². The summed E-state index contributed by atoms with van der Waals surface area (Å²) in [5, 5.41) is 3.47. The Kier molecular flexibility index (Phi) is 4.26. The van der Waals surface area contributed by atoms with Crippen molar-refractivity contribution in [2.24, 2.45) is 0 Å². The average Bonchev–Trinajstić information content (AvgIpc) is 2.52. The molecule has 0 aromatic heterocycles. The second kappa shape index (κ2) is 6.31. The Morgan fingerprint density at radius 2 is 2.00 bits per heavy atom. The molecule has 0 bridgehead atoms. The first-order valence-corrected chi connectivity index (χ1v) is 7.81. The molecule has 1 aliphatic rings. The van der Waals surface area contributed by atoms with E-state index in [4.69, 9.17) is 4.74 Å². The summed E-state index contributed by atoms with van der Waals surface area (Å²) in [6.45, 7) is 6.08. The van der Waals surface area contributed by atoms with Crippen LogP contribution < -0.4 is 10.1 Å². The highest BCUT2D eigenvalue weighted by atomic mass is 16.5. The molecule has 0 radical (unpaired) electrons. The van der Waals surface area contributed by atoms with E-state index in [0.29, 0.717) is 6.04 Å². The van der Waals surface area contributed by atoms with Crippen LogP contribution in [0.5, 0.6) is 5.75 Å². The lowest BCUT2D eigenvalue weighted by Crippen LogP contribution is -2.21. The van der Waals surface area contributed by atoms with Crippen molar-refractivity contribution >= 4 is 0 Å². The number of hydrogen-bond acceptors (Lipinski definition) is 2. The van der Waals surface area contributed by atoms with Crippen molar-refractivity contribution in [3.63, 3.8) is 0 Å². The minimum Gasteiger partial charge on any atom is -0.493 e. The van der Waals surface area contributed by atoms with Gasteiger partial charge in [0.1, 0.15) is 5.75 Å². The van der Waals surface area contributed by atoms with Gasteiger partial charge in [-0.25, -0.2) is 0 Å². The van der Waals surface area contributed by atoms with Gasteiger partial charge in [-0.15, -0.1) is 0 Å². The lowest BCUT2D eigenvalue weighted by molar-refractivity contribution is 0.289. The Balaban J connectivity index is 1.92. The molecule has 1 heterocycles. The van der Waals surface area contributed by atoms with Crippen LogP contribution in [0.1, 0.15) is 31.4 Å². The molecule has 0 saturated heterocycles. The predicted octanol–water partition coefficient (Wildman–Crippen LogP) is 4.18. The van der Waals surface area contributed by atoms with Gasteiger partial charge in [0.2, 0.25) is 0 Å². The number of nitrogens with one attached hydrogen (secondary N) is 1. The van der Waals surface area contributed by atoms with E-state index in [-0.39, 0.29) is 0 Å². The maximum atomic E-state index is 5.93. The summed E-state index contributed by atoms with van der Waals surface area (Å²) < 4.78 is 5.93.